The van der Waals surface area contributed by atoms with Crippen LogP contribution in [0.15, 0.2) is 42.5 Å². The highest BCUT2D eigenvalue weighted by Gasteiger charge is 2.12. The molecule has 0 bridgehead atoms. The van der Waals surface area contributed by atoms with E-state index in [1.165, 1.54) is 0 Å². The van der Waals surface area contributed by atoms with Gasteiger partial charge in [0.2, 0.25) is 0 Å². The van der Waals surface area contributed by atoms with Gasteiger partial charge in [-0.25, -0.2) is 0 Å². The minimum atomic E-state index is -0.226. The minimum Gasteiger partial charge on any atom is -0.362 e. The van der Waals surface area contributed by atoms with E-state index in [2.05, 4.69) is 27.9 Å². The first kappa shape index (κ1) is 14.3. The lowest BCUT2D eigenvalue weighted by Gasteiger charge is -2.16. The van der Waals surface area contributed by atoms with Gasteiger partial charge in [-0.05, 0) is 22.9 Å². The van der Waals surface area contributed by atoms with Gasteiger partial charge in [0, 0.05) is 23.5 Å². The van der Waals surface area contributed by atoms with E-state index in [0.717, 1.165) is 21.6 Å². The quantitative estimate of drug-likeness (QED) is 0.499. The maximum absolute atomic E-state index is 12.1. The van der Waals surface area contributed by atoms with E-state index in [1.54, 1.807) is 7.11 Å². The normalized spacial score (nSPS) is 12.3. The molecule has 0 aliphatic heterocycles. The number of hydrogen-bond donors (Lipinski definition) is 1. The topological polar surface area (TPSA) is 38.3 Å². The zero-order valence-corrected chi connectivity index (χ0v) is 12.9. The van der Waals surface area contributed by atoms with Gasteiger partial charge in [0.15, 0.2) is 0 Å². The van der Waals surface area contributed by atoms with Crippen LogP contribution in [0, 0.1) is 0 Å². The van der Waals surface area contributed by atoms with Gasteiger partial charge >= 0.3 is 0 Å². The Hall–Kier alpha value is -1.14. The number of fused-ring (bicyclic) bond motifs is 1. The maximum atomic E-state index is 12.1. The molecule has 0 fully saturated rings. The van der Waals surface area contributed by atoms with Crippen LogP contribution >= 0.6 is 22.6 Å². The van der Waals surface area contributed by atoms with Crippen LogP contribution < -0.4 is 5.32 Å². The van der Waals surface area contributed by atoms with Gasteiger partial charge in [0.25, 0.3) is 5.91 Å². The molecule has 1 atom stereocenters. The Morgan fingerprint density at radius 1 is 1.26 bits per heavy atom. The SMILES string of the molecule is COC(CCI)NC(=O)c1ccc2ccccc2c1. The van der Waals surface area contributed by atoms with Crippen LogP contribution in [0.1, 0.15) is 16.8 Å². The summed E-state index contributed by atoms with van der Waals surface area (Å²) in [6.45, 7) is 0. The molecule has 1 unspecified atom stereocenters. The first-order chi connectivity index (χ1) is 9.24. The Labute approximate surface area is 126 Å². The number of ether oxygens (including phenoxy) is 1. The smallest absolute Gasteiger partial charge is 0.253 e. The maximum Gasteiger partial charge on any atom is 0.253 e. The van der Waals surface area contributed by atoms with Gasteiger partial charge in [0.1, 0.15) is 6.23 Å². The molecule has 2 rings (SSSR count). The first-order valence-corrected chi connectivity index (χ1v) is 7.65. The van der Waals surface area contributed by atoms with Crippen molar-refractivity contribution in [3.8, 4) is 0 Å². The van der Waals surface area contributed by atoms with Gasteiger partial charge in [0.05, 0.1) is 0 Å². The number of methoxy groups -OCH3 is 1. The molecule has 1 amide bonds. The van der Waals surface area contributed by atoms with Crippen LogP contribution in [-0.4, -0.2) is 23.7 Å². The van der Waals surface area contributed by atoms with Crippen molar-refractivity contribution in [2.75, 3.05) is 11.5 Å². The summed E-state index contributed by atoms with van der Waals surface area (Å²) < 4.78 is 6.17. The van der Waals surface area contributed by atoms with Crippen LogP contribution in [0.25, 0.3) is 10.8 Å². The number of benzene rings is 2. The van der Waals surface area contributed by atoms with E-state index in [4.69, 9.17) is 4.74 Å². The van der Waals surface area contributed by atoms with Crippen molar-refractivity contribution < 1.29 is 9.53 Å². The Morgan fingerprint density at radius 2 is 2.00 bits per heavy atom. The Morgan fingerprint density at radius 3 is 2.68 bits per heavy atom. The summed E-state index contributed by atoms with van der Waals surface area (Å²) in [6, 6.07) is 13.7. The molecule has 4 heteroatoms. The molecule has 0 spiro atoms. The molecule has 0 saturated heterocycles. The van der Waals surface area contributed by atoms with Crippen LogP contribution in [0.2, 0.25) is 0 Å². The molecule has 100 valence electrons. The van der Waals surface area contributed by atoms with Crippen molar-refractivity contribution in [1.82, 2.24) is 5.32 Å². The fraction of sp³-hybridized carbons (Fsp3) is 0.267. The molecular weight excluding hydrogens is 353 g/mol. The largest absolute Gasteiger partial charge is 0.362 e. The molecule has 2 aromatic rings. The van der Waals surface area contributed by atoms with Crippen molar-refractivity contribution in [2.24, 2.45) is 0 Å². The predicted octanol–water partition coefficient (Wildman–Crippen LogP) is 3.37. The monoisotopic (exact) mass is 369 g/mol. The Kier molecular flexibility index (Phi) is 5.15. The summed E-state index contributed by atoms with van der Waals surface area (Å²) in [5.74, 6) is -0.0950. The third kappa shape index (κ3) is 3.67. The third-order valence-electron chi connectivity index (χ3n) is 2.96. The lowest BCUT2D eigenvalue weighted by Crippen LogP contribution is -2.36. The lowest BCUT2D eigenvalue weighted by atomic mass is 10.1. The number of amides is 1. The molecular formula is C15H16INO2. The van der Waals surface area contributed by atoms with E-state index in [1.807, 2.05) is 42.5 Å². The van der Waals surface area contributed by atoms with Crippen LogP contribution in [0.3, 0.4) is 0 Å². The molecule has 1 N–H and O–H groups in total. The van der Waals surface area contributed by atoms with E-state index in [-0.39, 0.29) is 12.1 Å². The number of nitrogens with one attached hydrogen (secondary N) is 1. The summed E-state index contributed by atoms with van der Waals surface area (Å²) in [7, 11) is 1.61. The van der Waals surface area contributed by atoms with E-state index in [9.17, 15) is 4.79 Å². The van der Waals surface area contributed by atoms with Crippen molar-refractivity contribution in [2.45, 2.75) is 12.6 Å². The lowest BCUT2D eigenvalue weighted by molar-refractivity contribution is 0.0571. The molecule has 0 saturated carbocycles. The summed E-state index contributed by atoms with van der Waals surface area (Å²) >= 11 is 2.27. The zero-order valence-electron chi connectivity index (χ0n) is 10.7. The summed E-state index contributed by atoms with van der Waals surface area (Å²) in [5.41, 5.74) is 0.661. The van der Waals surface area contributed by atoms with Crippen molar-refractivity contribution in [3.05, 3.63) is 48.0 Å². The molecule has 0 heterocycles. The fourth-order valence-electron chi connectivity index (χ4n) is 1.91. The number of rotatable bonds is 5. The average molecular weight is 369 g/mol. The second-order valence-electron chi connectivity index (χ2n) is 4.24. The Balaban J connectivity index is 2.16. The molecule has 0 aromatic heterocycles. The van der Waals surface area contributed by atoms with Crippen LogP contribution in [-0.2, 0) is 4.74 Å². The van der Waals surface area contributed by atoms with Gasteiger partial charge in [-0.15, -0.1) is 0 Å². The van der Waals surface area contributed by atoms with E-state index in [0.29, 0.717) is 5.56 Å². The van der Waals surface area contributed by atoms with Gasteiger partial charge in [-0.1, -0.05) is 52.9 Å². The molecule has 0 radical (unpaired) electrons. The minimum absolute atomic E-state index is 0.0950. The van der Waals surface area contributed by atoms with Crippen molar-refractivity contribution in [3.63, 3.8) is 0 Å². The summed E-state index contributed by atoms with van der Waals surface area (Å²) in [5, 5.41) is 5.08. The molecule has 3 nitrogen and oxygen atoms in total. The highest BCUT2D eigenvalue weighted by atomic mass is 127. The molecule has 0 aliphatic rings. The number of halogens is 1. The standard InChI is InChI=1S/C15H16INO2/c1-19-14(8-9-16)17-15(18)13-7-6-11-4-2-3-5-12(11)10-13/h2-7,10,14H,8-9H2,1H3,(H,17,18). The predicted molar refractivity (Wildman–Crippen MR) is 85.7 cm³/mol. The fourth-order valence-corrected chi connectivity index (χ4v) is 2.47. The average Bonchev–Trinajstić information content (AvgIpc) is 2.46. The number of hydrogen-bond acceptors (Lipinski definition) is 2. The first-order valence-electron chi connectivity index (χ1n) is 6.13. The van der Waals surface area contributed by atoms with E-state index < -0.39 is 0 Å². The molecule has 2 aromatic carbocycles. The highest BCUT2D eigenvalue weighted by molar-refractivity contribution is 14.1. The molecule has 19 heavy (non-hydrogen) atoms. The third-order valence-corrected chi connectivity index (χ3v) is 3.58. The van der Waals surface area contributed by atoms with Crippen LogP contribution in [0.4, 0.5) is 0 Å². The molecule has 0 aliphatic carbocycles. The summed E-state index contributed by atoms with van der Waals surface area (Å²) in [6.07, 6.45) is 0.576. The van der Waals surface area contributed by atoms with E-state index >= 15 is 0 Å². The van der Waals surface area contributed by atoms with Gasteiger partial charge in [-0.2, -0.15) is 0 Å². The van der Waals surface area contributed by atoms with Gasteiger partial charge in [-0.3, -0.25) is 4.79 Å². The second kappa shape index (κ2) is 6.86. The zero-order chi connectivity index (χ0) is 13.7. The summed E-state index contributed by atoms with van der Waals surface area (Å²) in [4.78, 5) is 12.1. The van der Waals surface area contributed by atoms with Crippen molar-refractivity contribution >= 4 is 39.3 Å². The Bertz CT molecular complexity index is 571. The number of alkyl halides is 1. The second-order valence-corrected chi connectivity index (χ2v) is 5.32. The number of carbonyl (C=O) groups excluding carboxylic acids is 1. The highest BCUT2D eigenvalue weighted by Crippen LogP contribution is 2.15. The van der Waals surface area contributed by atoms with Crippen LogP contribution in [0.5, 0.6) is 0 Å². The van der Waals surface area contributed by atoms with Gasteiger partial charge < -0.3 is 10.1 Å². The van der Waals surface area contributed by atoms with Crippen molar-refractivity contribution in [1.29, 1.82) is 0 Å². The number of carbonyl (C=O) groups is 1.